The number of aromatic nitrogens is 1. The van der Waals surface area contributed by atoms with Crippen molar-refractivity contribution in [2.75, 3.05) is 18.2 Å². The molecule has 0 aliphatic heterocycles. The number of nitrogens with zero attached hydrogens (tertiary/aromatic N) is 1. The van der Waals surface area contributed by atoms with Gasteiger partial charge >= 0.3 is 0 Å². The maximum absolute atomic E-state index is 12.1. The molecular formula is C14H15N3O2. The van der Waals surface area contributed by atoms with Crippen LogP contribution < -0.4 is 15.8 Å². The van der Waals surface area contributed by atoms with Crippen LogP contribution in [0.4, 0.5) is 11.4 Å². The van der Waals surface area contributed by atoms with Crippen LogP contribution in [-0.4, -0.2) is 18.0 Å². The number of amides is 1. The molecule has 3 N–H and O–H groups in total. The monoisotopic (exact) mass is 257 g/mol. The molecular weight excluding hydrogens is 242 g/mol. The summed E-state index contributed by atoms with van der Waals surface area (Å²) in [5.41, 5.74) is 8.13. The number of methoxy groups -OCH3 is 1. The standard InChI is InChI=1S/C14H15N3O2/c1-9-12(4-3-7-16-9)17-14(18)10-5-6-11(15)13(8-10)19-2/h3-8H,15H2,1-2H3,(H,17,18). The number of nitrogen functional groups attached to an aromatic ring is 1. The normalized spacial score (nSPS) is 10.0. The highest BCUT2D eigenvalue weighted by molar-refractivity contribution is 6.05. The van der Waals surface area contributed by atoms with Crippen LogP contribution >= 0.6 is 0 Å². The summed E-state index contributed by atoms with van der Waals surface area (Å²) in [5, 5.41) is 2.80. The lowest BCUT2D eigenvalue weighted by atomic mass is 10.1. The van der Waals surface area contributed by atoms with E-state index in [1.807, 2.05) is 6.92 Å². The molecule has 1 aromatic heterocycles. The van der Waals surface area contributed by atoms with Crippen molar-refractivity contribution in [3.63, 3.8) is 0 Å². The Bertz CT molecular complexity index is 611. The van der Waals surface area contributed by atoms with Crippen LogP contribution in [0, 0.1) is 6.92 Å². The van der Waals surface area contributed by atoms with Crippen LogP contribution in [0.15, 0.2) is 36.5 Å². The summed E-state index contributed by atoms with van der Waals surface area (Å²) in [6.07, 6.45) is 1.68. The third-order valence-electron chi connectivity index (χ3n) is 2.75. The number of aryl methyl sites for hydroxylation is 1. The number of nitrogens with one attached hydrogen (secondary N) is 1. The summed E-state index contributed by atoms with van der Waals surface area (Å²) < 4.78 is 5.09. The van der Waals surface area contributed by atoms with Gasteiger partial charge in [0.05, 0.1) is 24.2 Å². The number of benzene rings is 1. The average molecular weight is 257 g/mol. The van der Waals surface area contributed by atoms with E-state index < -0.39 is 0 Å². The Balaban J connectivity index is 2.23. The van der Waals surface area contributed by atoms with Gasteiger partial charge in [-0.25, -0.2) is 0 Å². The summed E-state index contributed by atoms with van der Waals surface area (Å²) in [4.78, 5) is 16.2. The zero-order valence-corrected chi connectivity index (χ0v) is 10.8. The Morgan fingerprint density at radius 3 is 2.84 bits per heavy atom. The molecule has 0 saturated heterocycles. The molecule has 0 spiro atoms. The molecule has 0 aliphatic rings. The van der Waals surface area contributed by atoms with E-state index in [1.54, 1.807) is 36.5 Å². The van der Waals surface area contributed by atoms with E-state index in [9.17, 15) is 4.79 Å². The Labute approximate surface area is 111 Å². The van der Waals surface area contributed by atoms with Gasteiger partial charge in [-0.15, -0.1) is 0 Å². The van der Waals surface area contributed by atoms with E-state index >= 15 is 0 Å². The summed E-state index contributed by atoms with van der Waals surface area (Å²) in [7, 11) is 1.51. The first-order valence-corrected chi connectivity index (χ1v) is 5.78. The number of ether oxygens (including phenoxy) is 1. The molecule has 5 heteroatoms. The van der Waals surface area contributed by atoms with Crippen molar-refractivity contribution in [2.24, 2.45) is 0 Å². The molecule has 98 valence electrons. The molecule has 1 aromatic carbocycles. The maximum atomic E-state index is 12.1. The van der Waals surface area contributed by atoms with Crippen molar-refractivity contribution in [3.8, 4) is 5.75 Å². The molecule has 0 saturated carbocycles. The quantitative estimate of drug-likeness (QED) is 0.827. The molecule has 0 radical (unpaired) electrons. The molecule has 19 heavy (non-hydrogen) atoms. The highest BCUT2D eigenvalue weighted by Crippen LogP contribution is 2.23. The van der Waals surface area contributed by atoms with Crippen molar-refractivity contribution < 1.29 is 9.53 Å². The number of anilines is 2. The van der Waals surface area contributed by atoms with Gasteiger partial charge in [-0.3, -0.25) is 9.78 Å². The maximum Gasteiger partial charge on any atom is 0.255 e. The topological polar surface area (TPSA) is 77.2 Å². The molecule has 2 rings (SSSR count). The van der Waals surface area contributed by atoms with E-state index in [0.29, 0.717) is 22.7 Å². The predicted molar refractivity (Wildman–Crippen MR) is 74.3 cm³/mol. The first-order valence-electron chi connectivity index (χ1n) is 5.78. The lowest BCUT2D eigenvalue weighted by Gasteiger charge is -2.09. The van der Waals surface area contributed by atoms with Crippen LogP contribution in [0.3, 0.4) is 0 Å². The van der Waals surface area contributed by atoms with Crippen molar-refractivity contribution >= 4 is 17.3 Å². The molecule has 0 unspecified atom stereocenters. The first kappa shape index (κ1) is 12.9. The van der Waals surface area contributed by atoms with Gasteiger partial charge in [-0.1, -0.05) is 0 Å². The van der Waals surface area contributed by atoms with E-state index in [1.165, 1.54) is 7.11 Å². The van der Waals surface area contributed by atoms with Gasteiger partial charge in [0, 0.05) is 11.8 Å². The fourth-order valence-electron chi connectivity index (χ4n) is 1.66. The first-order chi connectivity index (χ1) is 9.11. The van der Waals surface area contributed by atoms with Crippen LogP contribution in [0.5, 0.6) is 5.75 Å². The SMILES string of the molecule is COc1cc(C(=O)Nc2cccnc2C)ccc1N. The summed E-state index contributed by atoms with van der Waals surface area (Å²) in [6.45, 7) is 1.83. The van der Waals surface area contributed by atoms with Gasteiger partial charge in [-0.05, 0) is 37.3 Å². The Kier molecular flexibility index (Phi) is 3.66. The minimum Gasteiger partial charge on any atom is -0.495 e. The zero-order valence-electron chi connectivity index (χ0n) is 10.8. The van der Waals surface area contributed by atoms with Crippen molar-refractivity contribution in [2.45, 2.75) is 6.92 Å². The summed E-state index contributed by atoms with van der Waals surface area (Å²) in [6, 6.07) is 8.47. The Hall–Kier alpha value is -2.56. The second-order valence-electron chi connectivity index (χ2n) is 4.05. The van der Waals surface area contributed by atoms with E-state index in [4.69, 9.17) is 10.5 Å². The fourth-order valence-corrected chi connectivity index (χ4v) is 1.66. The van der Waals surface area contributed by atoms with Gasteiger partial charge in [0.2, 0.25) is 0 Å². The molecule has 0 atom stereocenters. The molecule has 5 nitrogen and oxygen atoms in total. The van der Waals surface area contributed by atoms with E-state index in [2.05, 4.69) is 10.3 Å². The number of rotatable bonds is 3. The van der Waals surface area contributed by atoms with Crippen LogP contribution in [0.1, 0.15) is 16.1 Å². The smallest absolute Gasteiger partial charge is 0.255 e. The second-order valence-corrected chi connectivity index (χ2v) is 4.05. The summed E-state index contributed by atoms with van der Waals surface area (Å²) >= 11 is 0. The Morgan fingerprint density at radius 2 is 2.16 bits per heavy atom. The van der Waals surface area contributed by atoms with Crippen molar-refractivity contribution in [1.29, 1.82) is 0 Å². The zero-order chi connectivity index (χ0) is 13.8. The van der Waals surface area contributed by atoms with Crippen LogP contribution in [0.2, 0.25) is 0 Å². The number of hydrogen-bond donors (Lipinski definition) is 2. The van der Waals surface area contributed by atoms with Gasteiger partial charge in [-0.2, -0.15) is 0 Å². The minimum absolute atomic E-state index is 0.227. The number of pyridine rings is 1. The molecule has 0 aliphatic carbocycles. The molecule has 1 amide bonds. The molecule has 0 bridgehead atoms. The van der Waals surface area contributed by atoms with E-state index in [0.717, 1.165) is 5.69 Å². The number of carbonyl (C=O) groups is 1. The lowest BCUT2D eigenvalue weighted by molar-refractivity contribution is 0.102. The van der Waals surface area contributed by atoms with Crippen molar-refractivity contribution in [3.05, 3.63) is 47.8 Å². The van der Waals surface area contributed by atoms with Gasteiger partial charge in [0.1, 0.15) is 5.75 Å². The largest absolute Gasteiger partial charge is 0.495 e. The third-order valence-corrected chi connectivity index (χ3v) is 2.75. The van der Waals surface area contributed by atoms with Gasteiger partial charge in [0.25, 0.3) is 5.91 Å². The van der Waals surface area contributed by atoms with Crippen molar-refractivity contribution in [1.82, 2.24) is 4.98 Å². The number of hydrogen-bond acceptors (Lipinski definition) is 4. The van der Waals surface area contributed by atoms with E-state index in [-0.39, 0.29) is 5.91 Å². The van der Waals surface area contributed by atoms with Crippen LogP contribution in [-0.2, 0) is 0 Å². The number of nitrogens with two attached hydrogens (primary N) is 1. The average Bonchev–Trinajstić information content (AvgIpc) is 2.42. The molecule has 2 aromatic rings. The Morgan fingerprint density at radius 1 is 1.37 bits per heavy atom. The summed E-state index contributed by atoms with van der Waals surface area (Å²) in [5.74, 6) is 0.255. The lowest BCUT2D eigenvalue weighted by Crippen LogP contribution is -2.13. The highest BCUT2D eigenvalue weighted by atomic mass is 16.5. The predicted octanol–water partition coefficient (Wildman–Crippen LogP) is 2.23. The highest BCUT2D eigenvalue weighted by Gasteiger charge is 2.10. The number of carbonyl (C=O) groups excluding carboxylic acids is 1. The van der Waals surface area contributed by atoms with Gasteiger partial charge in [0.15, 0.2) is 0 Å². The van der Waals surface area contributed by atoms with Crippen LogP contribution in [0.25, 0.3) is 0 Å². The molecule has 0 fully saturated rings. The second kappa shape index (κ2) is 5.39. The molecule has 1 heterocycles. The van der Waals surface area contributed by atoms with Gasteiger partial charge < -0.3 is 15.8 Å². The third kappa shape index (κ3) is 2.82. The minimum atomic E-state index is -0.227. The fraction of sp³-hybridized carbons (Fsp3) is 0.143.